The van der Waals surface area contributed by atoms with Crippen LogP contribution in [0.2, 0.25) is 0 Å². The number of hydrogen-bond donors (Lipinski definition) is 2. The Bertz CT molecular complexity index is 1070. The molecule has 6 nitrogen and oxygen atoms in total. The number of hydrogen-bond acceptors (Lipinski definition) is 4. The first-order valence-electron chi connectivity index (χ1n) is 7.97. The lowest BCUT2D eigenvalue weighted by molar-refractivity contribution is 0.0110. The summed E-state index contributed by atoms with van der Waals surface area (Å²) in [6.45, 7) is 4.58. The highest BCUT2D eigenvalue weighted by atomic mass is 32.2. The van der Waals surface area contributed by atoms with Crippen molar-refractivity contribution in [2.24, 2.45) is 0 Å². The Morgan fingerprint density at radius 3 is 1.96 bits per heavy atom. The quantitative estimate of drug-likeness (QED) is 0.312. The van der Waals surface area contributed by atoms with Crippen LogP contribution in [0.25, 0.3) is 16.7 Å². The maximum absolute atomic E-state index is 13.1. The lowest BCUT2D eigenvalue weighted by Gasteiger charge is -2.12. The summed E-state index contributed by atoms with van der Waals surface area (Å²) < 4.78 is 26.2. The van der Waals surface area contributed by atoms with Crippen molar-refractivity contribution in [1.29, 1.82) is 0 Å². The second-order valence-electron chi connectivity index (χ2n) is 5.84. The number of nitrogens with two attached hydrogens (primary N) is 2. The molecular formula is C20H20N4O2S. The maximum Gasteiger partial charge on any atom is 0.245 e. The molecule has 3 aromatic rings. The van der Waals surface area contributed by atoms with Gasteiger partial charge in [0.15, 0.2) is 0 Å². The fourth-order valence-corrected chi connectivity index (χ4v) is 4.02. The van der Waals surface area contributed by atoms with Crippen LogP contribution in [0.1, 0.15) is 5.56 Å². The maximum atomic E-state index is 13.1. The van der Waals surface area contributed by atoms with Crippen LogP contribution in [0.5, 0.6) is 0 Å². The third kappa shape index (κ3) is 4.61. The van der Waals surface area contributed by atoms with Crippen LogP contribution in [0.3, 0.4) is 0 Å². The van der Waals surface area contributed by atoms with E-state index in [1.54, 1.807) is 60.7 Å². The SMILES string of the molecule is C=[N+]=[N-].Cc1ccc(S(=O)(=O)c2cc(N)ccc2-c2ccc(N)cc2)cc1. The molecular weight excluding hydrogens is 360 g/mol. The minimum Gasteiger partial charge on any atom is -0.399 e. The summed E-state index contributed by atoms with van der Waals surface area (Å²) in [7, 11) is -3.68. The molecule has 27 heavy (non-hydrogen) atoms. The molecule has 7 heteroatoms. The van der Waals surface area contributed by atoms with Crippen molar-refractivity contribution in [2.45, 2.75) is 16.7 Å². The van der Waals surface area contributed by atoms with Gasteiger partial charge >= 0.3 is 0 Å². The summed E-state index contributed by atoms with van der Waals surface area (Å²) in [4.78, 5) is 2.69. The van der Waals surface area contributed by atoms with Crippen molar-refractivity contribution in [2.75, 3.05) is 11.5 Å². The first kappa shape index (κ1) is 19.9. The summed E-state index contributed by atoms with van der Waals surface area (Å²) in [5.41, 5.74) is 22.0. The molecule has 0 aromatic heterocycles. The fraction of sp³-hybridized carbons (Fsp3) is 0.0500. The van der Waals surface area contributed by atoms with Gasteiger partial charge in [0.05, 0.1) is 9.79 Å². The van der Waals surface area contributed by atoms with Crippen LogP contribution in [-0.2, 0) is 9.84 Å². The van der Waals surface area contributed by atoms with E-state index < -0.39 is 9.84 Å². The van der Waals surface area contributed by atoms with Crippen LogP contribution < -0.4 is 11.5 Å². The van der Waals surface area contributed by atoms with Crippen LogP contribution in [0, 0.1) is 6.92 Å². The molecule has 0 radical (unpaired) electrons. The van der Waals surface area contributed by atoms with Crippen molar-refractivity contribution in [3.05, 3.63) is 77.8 Å². The molecule has 0 amide bonds. The zero-order valence-electron chi connectivity index (χ0n) is 14.8. The van der Waals surface area contributed by atoms with Crippen LogP contribution >= 0.6 is 0 Å². The minimum atomic E-state index is -3.68. The van der Waals surface area contributed by atoms with Crippen LogP contribution in [-0.4, -0.2) is 19.9 Å². The van der Waals surface area contributed by atoms with Gasteiger partial charge in [0.25, 0.3) is 0 Å². The van der Waals surface area contributed by atoms with Gasteiger partial charge in [-0.25, -0.2) is 8.42 Å². The zero-order valence-corrected chi connectivity index (χ0v) is 15.6. The van der Waals surface area contributed by atoms with E-state index in [-0.39, 0.29) is 9.79 Å². The van der Waals surface area contributed by atoms with E-state index in [1.165, 1.54) is 6.07 Å². The predicted octanol–water partition coefficient (Wildman–Crippen LogP) is 3.58. The average Bonchev–Trinajstić information content (AvgIpc) is 2.63. The topological polar surface area (TPSA) is 123 Å². The van der Waals surface area contributed by atoms with E-state index in [4.69, 9.17) is 17.0 Å². The van der Waals surface area contributed by atoms with Crippen molar-refractivity contribution in [3.63, 3.8) is 0 Å². The van der Waals surface area contributed by atoms with E-state index in [1.807, 2.05) is 6.92 Å². The van der Waals surface area contributed by atoms with Gasteiger partial charge in [0.2, 0.25) is 16.6 Å². The second kappa shape index (κ2) is 8.31. The Morgan fingerprint density at radius 2 is 1.41 bits per heavy atom. The van der Waals surface area contributed by atoms with E-state index in [0.717, 1.165) is 11.1 Å². The highest BCUT2D eigenvalue weighted by molar-refractivity contribution is 7.91. The van der Waals surface area contributed by atoms with E-state index in [0.29, 0.717) is 16.9 Å². The highest BCUT2D eigenvalue weighted by Crippen LogP contribution is 2.33. The number of nitrogen functional groups attached to an aromatic ring is 2. The zero-order chi connectivity index (χ0) is 20.0. The Kier molecular flexibility index (Phi) is 6.13. The number of sulfone groups is 1. The monoisotopic (exact) mass is 380 g/mol. The summed E-state index contributed by atoms with van der Waals surface area (Å²) in [6, 6.07) is 18.8. The van der Waals surface area contributed by atoms with E-state index in [2.05, 4.69) is 11.5 Å². The van der Waals surface area contributed by atoms with Crippen molar-refractivity contribution < 1.29 is 13.2 Å². The first-order chi connectivity index (χ1) is 12.8. The number of aryl methyl sites for hydroxylation is 1. The molecule has 4 N–H and O–H groups in total. The second-order valence-corrected chi connectivity index (χ2v) is 7.75. The number of nitrogens with zero attached hydrogens (tertiary/aromatic N) is 2. The predicted molar refractivity (Wildman–Crippen MR) is 108 cm³/mol. The number of rotatable bonds is 3. The molecule has 0 saturated heterocycles. The highest BCUT2D eigenvalue weighted by Gasteiger charge is 2.22. The van der Waals surface area contributed by atoms with Gasteiger partial charge in [-0.3, -0.25) is 0 Å². The first-order valence-corrected chi connectivity index (χ1v) is 9.45. The molecule has 0 atom stereocenters. The van der Waals surface area contributed by atoms with Crippen molar-refractivity contribution in [1.82, 2.24) is 0 Å². The molecule has 0 saturated carbocycles. The molecule has 0 aliphatic carbocycles. The Labute approximate surface area is 158 Å². The summed E-state index contributed by atoms with van der Waals surface area (Å²) >= 11 is 0. The van der Waals surface area contributed by atoms with Gasteiger partial charge in [-0.2, -0.15) is 4.79 Å². The molecule has 0 bridgehead atoms. The van der Waals surface area contributed by atoms with Gasteiger partial charge in [0.1, 0.15) is 0 Å². The van der Waals surface area contributed by atoms with Gasteiger partial charge in [0, 0.05) is 16.9 Å². The molecule has 138 valence electrons. The minimum absolute atomic E-state index is 0.191. The van der Waals surface area contributed by atoms with Gasteiger partial charge in [-0.15, -0.1) is 0 Å². The smallest absolute Gasteiger partial charge is 0.245 e. The Hall–Kier alpha value is -3.41. The third-order valence-electron chi connectivity index (χ3n) is 3.85. The number of anilines is 2. The molecule has 0 aliphatic rings. The van der Waals surface area contributed by atoms with E-state index >= 15 is 0 Å². The molecule has 3 aromatic carbocycles. The van der Waals surface area contributed by atoms with Crippen LogP contribution in [0.4, 0.5) is 11.4 Å². The standard InChI is InChI=1S/C19H18N2O2S.CH2N2/c1-13-2-9-17(10-3-13)24(22,23)19-12-16(21)8-11-18(19)14-4-6-15(20)7-5-14;1-3-2/h2-12H,20-21H2,1H3;1H2. The lowest BCUT2D eigenvalue weighted by atomic mass is 10.1. The molecule has 0 fully saturated rings. The van der Waals surface area contributed by atoms with Gasteiger partial charge in [-0.1, -0.05) is 35.9 Å². The van der Waals surface area contributed by atoms with Gasteiger partial charge in [-0.05, 0) is 48.9 Å². The average molecular weight is 380 g/mol. The number of benzene rings is 3. The third-order valence-corrected chi connectivity index (χ3v) is 5.66. The Morgan fingerprint density at radius 1 is 0.889 bits per heavy atom. The Balaban J connectivity index is 0.000000817. The summed E-state index contributed by atoms with van der Waals surface area (Å²) in [6.07, 6.45) is 0. The van der Waals surface area contributed by atoms with Crippen molar-refractivity contribution >= 4 is 27.9 Å². The molecule has 0 heterocycles. The molecule has 0 aliphatic heterocycles. The van der Waals surface area contributed by atoms with E-state index in [9.17, 15) is 8.42 Å². The van der Waals surface area contributed by atoms with Crippen molar-refractivity contribution in [3.8, 4) is 11.1 Å². The molecule has 3 rings (SSSR count). The normalized spacial score (nSPS) is 10.4. The summed E-state index contributed by atoms with van der Waals surface area (Å²) in [5, 5.41) is 0. The molecule has 0 unspecified atom stereocenters. The molecule has 0 spiro atoms. The summed E-state index contributed by atoms with van der Waals surface area (Å²) in [5.74, 6) is 0. The largest absolute Gasteiger partial charge is 0.399 e. The van der Waals surface area contributed by atoms with Crippen LogP contribution in [0.15, 0.2) is 76.5 Å². The lowest BCUT2D eigenvalue weighted by Crippen LogP contribution is -2.05. The van der Waals surface area contributed by atoms with Gasteiger partial charge < -0.3 is 17.0 Å². The fourth-order valence-electron chi connectivity index (χ4n) is 2.51.